The second-order valence-corrected chi connectivity index (χ2v) is 15.8. The Morgan fingerprint density at radius 3 is 2.54 bits per heavy atom. The zero-order valence-electron chi connectivity index (χ0n) is 26.6. The molecule has 0 saturated heterocycles. The molecule has 0 N–H and O–H groups in total. The van der Waals surface area contributed by atoms with Crippen molar-refractivity contribution in [3.63, 3.8) is 0 Å². The van der Waals surface area contributed by atoms with E-state index in [0.717, 1.165) is 54.3 Å². The lowest BCUT2D eigenvalue weighted by Crippen LogP contribution is -2.51. The Hall–Kier alpha value is -0.0300. The van der Waals surface area contributed by atoms with Gasteiger partial charge in [0.05, 0.1) is 38.6 Å². The lowest BCUT2D eigenvalue weighted by Gasteiger charge is -2.58. The highest BCUT2D eigenvalue weighted by molar-refractivity contribution is 7.98. The van der Waals surface area contributed by atoms with E-state index >= 15 is 0 Å². The van der Waals surface area contributed by atoms with E-state index in [1.54, 1.807) is 5.57 Å². The van der Waals surface area contributed by atoms with E-state index in [4.69, 9.17) is 14.2 Å². The van der Waals surface area contributed by atoms with Gasteiger partial charge in [-0.25, -0.2) is 0 Å². The molecule has 0 aliphatic heterocycles. The summed E-state index contributed by atoms with van der Waals surface area (Å²) in [6, 6.07) is 0. The predicted molar refractivity (Wildman–Crippen MR) is 167 cm³/mol. The molecule has 0 aromatic heterocycles. The first kappa shape index (κ1) is 31.9. The van der Waals surface area contributed by atoms with Crippen molar-refractivity contribution in [2.75, 3.05) is 38.4 Å². The number of fused-ring (bicyclic) bond motifs is 5. The van der Waals surface area contributed by atoms with Crippen LogP contribution in [0.4, 0.5) is 0 Å². The van der Waals surface area contributed by atoms with Crippen LogP contribution in [0.5, 0.6) is 0 Å². The third-order valence-corrected chi connectivity index (χ3v) is 12.5. The molecular weight excluding hydrogens is 500 g/mol. The highest BCUT2D eigenvalue weighted by Gasteiger charge is 2.59. The fourth-order valence-corrected chi connectivity index (χ4v) is 9.95. The smallest absolute Gasteiger partial charge is 0.0781 e. The molecule has 0 heterocycles. The lowest BCUT2D eigenvalue weighted by atomic mass is 9.47. The van der Waals surface area contributed by atoms with Crippen LogP contribution in [0.25, 0.3) is 0 Å². The molecule has 226 valence electrons. The summed E-state index contributed by atoms with van der Waals surface area (Å²) in [5, 5.41) is 0. The van der Waals surface area contributed by atoms with Crippen molar-refractivity contribution in [3.05, 3.63) is 11.6 Å². The molecule has 0 bridgehead atoms. The quantitative estimate of drug-likeness (QED) is 0.147. The molecule has 3 fully saturated rings. The van der Waals surface area contributed by atoms with E-state index in [9.17, 15) is 0 Å². The van der Waals surface area contributed by atoms with E-state index in [2.05, 4.69) is 53.9 Å². The van der Waals surface area contributed by atoms with Crippen LogP contribution in [0.15, 0.2) is 11.6 Å². The van der Waals surface area contributed by atoms with Gasteiger partial charge in [0.2, 0.25) is 0 Å². The number of thioether (sulfide) groups is 1. The third-order valence-electron chi connectivity index (χ3n) is 11.9. The van der Waals surface area contributed by atoms with Gasteiger partial charge in [0.15, 0.2) is 0 Å². The van der Waals surface area contributed by atoms with Crippen LogP contribution in [0.2, 0.25) is 0 Å². The molecule has 9 unspecified atom stereocenters. The monoisotopic (exact) mass is 562 g/mol. The minimum Gasteiger partial charge on any atom is -0.378 e. The number of allylic oxidation sites excluding steroid dienone is 1. The molecule has 3 nitrogen and oxygen atoms in total. The van der Waals surface area contributed by atoms with Gasteiger partial charge in [-0.05, 0) is 111 Å². The maximum absolute atomic E-state index is 6.43. The molecule has 4 heteroatoms. The average Bonchev–Trinajstić information content (AvgIpc) is 3.26. The first-order chi connectivity index (χ1) is 18.7. The van der Waals surface area contributed by atoms with Crippen molar-refractivity contribution in [1.29, 1.82) is 0 Å². The van der Waals surface area contributed by atoms with E-state index in [1.165, 1.54) is 64.2 Å². The standard InChI is InChI=1S/C35H62O3S/c1-25(2)9-8-10-26(3)31-13-14-32-30-12-11-28-23-29(38-24-27(4)37-20-19-36-21-22-39-7)15-17-34(28,5)33(30)16-18-35(31,32)6/h11,25-27,29-33H,8-10,12-24H2,1-7H3. The van der Waals surface area contributed by atoms with E-state index in [-0.39, 0.29) is 6.10 Å². The van der Waals surface area contributed by atoms with E-state index < -0.39 is 0 Å². The van der Waals surface area contributed by atoms with E-state index in [0.29, 0.717) is 36.8 Å². The van der Waals surface area contributed by atoms with E-state index in [1.807, 2.05) is 11.8 Å². The highest BCUT2D eigenvalue weighted by atomic mass is 32.2. The maximum Gasteiger partial charge on any atom is 0.0781 e. The average molecular weight is 563 g/mol. The Labute approximate surface area is 246 Å². The Kier molecular flexibility index (Phi) is 11.8. The fourth-order valence-electron chi connectivity index (χ4n) is 9.67. The summed E-state index contributed by atoms with van der Waals surface area (Å²) in [7, 11) is 0. The maximum atomic E-state index is 6.43. The summed E-state index contributed by atoms with van der Waals surface area (Å²) < 4.78 is 18.0. The molecule has 0 spiro atoms. The largest absolute Gasteiger partial charge is 0.378 e. The van der Waals surface area contributed by atoms with Crippen LogP contribution in [0, 0.1) is 46.3 Å². The molecule has 9 atom stereocenters. The number of ether oxygens (including phenoxy) is 3. The first-order valence-electron chi connectivity index (χ1n) is 16.7. The van der Waals surface area contributed by atoms with Crippen molar-refractivity contribution in [1.82, 2.24) is 0 Å². The van der Waals surface area contributed by atoms with Crippen LogP contribution in [0.3, 0.4) is 0 Å². The van der Waals surface area contributed by atoms with Crippen molar-refractivity contribution >= 4 is 11.8 Å². The zero-order chi connectivity index (χ0) is 28.0. The van der Waals surface area contributed by atoms with Crippen molar-refractivity contribution in [2.45, 2.75) is 124 Å². The van der Waals surface area contributed by atoms with Gasteiger partial charge in [0, 0.05) is 5.75 Å². The van der Waals surface area contributed by atoms with Crippen LogP contribution >= 0.6 is 11.8 Å². The second kappa shape index (κ2) is 14.4. The highest BCUT2D eigenvalue weighted by Crippen LogP contribution is 2.67. The van der Waals surface area contributed by atoms with Gasteiger partial charge in [0.1, 0.15) is 0 Å². The Morgan fingerprint density at radius 2 is 1.77 bits per heavy atom. The van der Waals surface area contributed by atoms with Gasteiger partial charge >= 0.3 is 0 Å². The Bertz CT molecular complexity index is 782. The molecule has 0 aromatic rings. The third kappa shape index (κ3) is 7.49. The summed E-state index contributed by atoms with van der Waals surface area (Å²) in [5.74, 6) is 6.49. The van der Waals surface area contributed by atoms with Crippen molar-refractivity contribution in [3.8, 4) is 0 Å². The van der Waals surface area contributed by atoms with Gasteiger partial charge in [0.25, 0.3) is 0 Å². The fraction of sp³-hybridized carbons (Fsp3) is 0.943. The first-order valence-corrected chi connectivity index (χ1v) is 18.1. The second-order valence-electron chi connectivity index (χ2n) is 14.8. The molecule has 0 amide bonds. The molecule has 39 heavy (non-hydrogen) atoms. The molecule has 0 radical (unpaired) electrons. The minimum atomic E-state index is 0.131. The Morgan fingerprint density at radius 1 is 0.949 bits per heavy atom. The van der Waals surface area contributed by atoms with Gasteiger partial charge in [-0.2, -0.15) is 11.8 Å². The van der Waals surface area contributed by atoms with Crippen molar-refractivity contribution in [2.24, 2.45) is 46.3 Å². The van der Waals surface area contributed by atoms with Gasteiger partial charge in [-0.3, -0.25) is 0 Å². The van der Waals surface area contributed by atoms with Crippen LogP contribution in [-0.2, 0) is 14.2 Å². The van der Waals surface area contributed by atoms with Crippen LogP contribution in [-0.4, -0.2) is 50.6 Å². The SMILES string of the molecule is CSCCOCCOC(C)COC1CCC2(C)C(=CCC3C2CCC2(C)C(C(C)CCCC(C)C)CCC32)C1. The summed E-state index contributed by atoms with van der Waals surface area (Å²) in [6.45, 7) is 17.7. The number of hydrogen-bond acceptors (Lipinski definition) is 4. The van der Waals surface area contributed by atoms with Gasteiger partial charge in [-0.15, -0.1) is 0 Å². The van der Waals surface area contributed by atoms with Crippen molar-refractivity contribution < 1.29 is 14.2 Å². The Balaban J connectivity index is 1.28. The normalized spacial score (nSPS) is 37.6. The van der Waals surface area contributed by atoms with Gasteiger partial charge in [-0.1, -0.05) is 65.5 Å². The molecule has 4 aliphatic carbocycles. The minimum absolute atomic E-state index is 0.131. The predicted octanol–water partition coefficient (Wildman–Crippen LogP) is 9.20. The summed E-state index contributed by atoms with van der Waals surface area (Å²) in [4.78, 5) is 0. The topological polar surface area (TPSA) is 27.7 Å². The molecule has 3 saturated carbocycles. The zero-order valence-corrected chi connectivity index (χ0v) is 27.5. The summed E-state index contributed by atoms with van der Waals surface area (Å²) in [5.41, 5.74) is 2.72. The van der Waals surface area contributed by atoms with Crippen LogP contribution < -0.4 is 0 Å². The number of rotatable bonds is 15. The molecular formula is C35H62O3S. The van der Waals surface area contributed by atoms with Gasteiger partial charge < -0.3 is 14.2 Å². The molecule has 4 aliphatic rings. The molecule has 0 aromatic carbocycles. The van der Waals surface area contributed by atoms with Crippen LogP contribution in [0.1, 0.15) is 112 Å². The molecule has 4 rings (SSSR count). The summed E-state index contributed by atoms with van der Waals surface area (Å²) in [6.07, 6.45) is 20.5. The summed E-state index contributed by atoms with van der Waals surface area (Å²) >= 11 is 1.82. The number of hydrogen-bond donors (Lipinski definition) is 0. The lowest BCUT2D eigenvalue weighted by molar-refractivity contribution is -0.0796.